The fourth-order valence-corrected chi connectivity index (χ4v) is 2.24. The summed E-state index contributed by atoms with van der Waals surface area (Å²) in [7, 11) is 0. The third kappa shape index (κ3) is 10.2. The number of benzene rings is 2. The maximum atomic E-state index is 7.99. The first-order valence-corrected chi connectivity index (χ1v) is 9.52. The van der Waals surface area contributed by atoms with Crippen molar-refractivity contribution >= 4 is 45.2 Å². The molecule has 1 heterocycles. The van der Waals surface area contributed by atoms with Crippen molar-refractivity contribution in [3.63, 3.8) is 0 Å². The molecule has 0 fully saturated rings. The Kier molecular flexibility index (Phi) is 12.2. The summed E-state index contributed by atoms with van der Waals surface area (Å²) < 4.78 is 4.73. The molecule has 130 valence electrons. The van der Waals surface area contributed by atoms with Crippen LogP contribution in [0.3, 0.4) is 0 Å². The second-order valence-electron chi connectivity index (χ2n) is 4.69. The third-order valence-corrected chi connectivity index (χ3v) is 3.35. The summed E-state index contributed by atoms with van der Waals surface area (Å²) in [6, 6.07) is 19.8. The van der Waals surface area contributed by atoms with E-state index in [-0.39, 0.29) is 0 Å². The summed E-state index contributed by atoms with van der Waals surface area (Å²) in [6.45, 7) is 1.23. The molecule has 3 rings (SSSR count). The van der Waals surface area contributed by atoms with Crippen LogP contribution >= 0.6 is 45.2 Å². The van der Waals surface area contributed by atoms with Crippen LogP contribution < -0.4 is 0 Å². The maximum Gasteiger partial charge on any atom is 0.0510 e. The number of nitrogens with zero attached hydrogens (tertiary/aromatic N) is 6. The van der Waals surface area contributed by atoms with Crippen molar-refractivity contribution in [3.8, 4) is 3.93 Å². The molecule has 0 amide bonds. The van der Waals surface area contributed by atoms with Crippen molar-refractivity contribution in [1.82, 2.24) is 15.0 Å². The van der Waals surface area contributed by atoms with E-state index in [2.05, 4.69) is 55.1 Å². The molecule has 1 aromatic heterocycles. The Balaban J connectivity index is 0.000000233. The summed E-state index contributed by atoms with van der Waals surface area (Å²) in [6.07, 6.45) is 7.87. The third-order valence-electron chi connectivity index (χ3n) is 2.86. The van der Waals surface area contributed by atoms with Gasteiger partial charge in [-0.3, -0.25) is 0 Å². The van der Waals surface area contributed by atoms with Gasteiger partial charge in [0.15, 0.2) is 0 Å². The monoisotopic (exact) mass is 569 g/mol. The Morgan fingerprint density at radius 2 is 1.62 bits per heavy atom. The van der Waals surface area contributed by atoms with Gasteiger partial charge in [-0.25, -0.2) is 4.68 Å². The molecule has 0 saturated carbocycles. The van der Waals surface area contributed by atoms with Crippen LogP contribution in [0.15, 0.2) is 72.0 Å². The van der Waals surface area contributed by atoms with E-state index in [4.69, 9.17) is 12.0 Å². The molecule has 0 atom stereocenters. The summed E-state index contributed by atoms with van der Waals surface area (Å²) >= 11 is 3.85. The van der Waals surface area contributed by atoms with Crippen LogP contribution in [0.5, 0.6) is 0 Å². The van der Waals surface area contributed by atoms with E-state index in [1.165, 1.54) is 5.56 Å². The van der Waals surface area contributed by atoms with E-state index >= 15 is 0 Å². The fourth-order valence-electron chi connectivity index (χ4n) is 1.82. The zero-order valence-corrected chi connectivity index (χ0v) is 18.0. The molecule has 0 aliphatic heterocycles. The predicted octanol–water partition coefficient (Wildman–Crippen LogP) is 5.40. The van der Waals surface area contributed by atoms with Gasteiger partial charge in [0, 0.05) is 4.91 Å². The fraction of sp³-hybridized carbons (Fsp3) is 0.111. The van der Waals surface area contributed by atoms with Gasteiger partial charge in [0.05, 0.1) is 19.3 Å². The van der Waals surface area contributed by atoms with Gasteiger partial charge in [-0.05, 0) is 39.2 Å². The standard InChI is InChI=1S/C9H8IN3.C7H7N3.C2I/c10-9-7-13(12-11-9)6-8-4-2-1-3-5-8;8-10-9-6-7-4-2-1-3-5-7;1-2-3/h1-5,7H,6H2;1-5H,6H2;/q;;+1. The summed E-state index contributed by atoms with van der Waals surface area (Å²) in [5.74, 6) is 0. The van der Waals surface area contributed by atoms with E-state index in [1.54, 1.807) is 22.6 Å². The second kappa shape index (κ2) is 14.3. The predicted molar refractivity (Wildman–Crippen MR) is 119 cm³/mol. The number of halogens is 2. The smallest absolute Gasteiger partial charge is 0.0510 e. The van der Waals surface area contributed by atoms with Gasteiger partial charge in [-0.1, -0.05) is 71.0 Å². The molecule has 0 aliphatic carbocycles. The second-order valence-corrected chi connectivity index (χ2v) is 6.34. The normalized spacial score (nSPS) is 8.77. The van der Waals surface area contributed by atoms with Crippen LogP contribution in [0.25, 0.3) is 10.4 Å². The molecular weight excluding hydrogens is 554 g/mol. The molecule has 0 unspecified atom stereocenters. The molecule has 0 aliphatic rings. The molecule has 2 aromatic carbocycles. The van der Waals surface area contributed by atoms with E-state index in [9.17, 15) is 0 Å². The Morgan fingerprint density at radius 3 is 2.08 bits per heavy atom. The van der Waals surface area contributed by atoms with Crippen molar-refractivity contribution in [2.75, 3.05) is 0 Å². The van der Waals surface area contributed by atoms with Gasteiger partial charge in [0.2, 0.25) is 0 Å². The van der Waals surface area contributed by atoms with E-state index in [1.807, 2.05) is 63.3 Å². The number of aromatic nitrogens is 3. The molecule has 0 N–H and O–H groups in total. The quantitative estimate of drug-likeness (QED) is 0.105. The van der Waals surface area contributed by atoms with Gasteiger partial charge >= 0.3 is 32.9 Å². The molecule has 0 radical (unpaired) electrons. The molecule has 3 aromatic rings. The van der Waals surface area contributed by atoms with Crippen LogP contribution in [0, 0.1) is 14.1 Å². The van der Waals surface area contributed by atoms with E-state index in [0.717, 1.165) is 15.8 Å². The van der Waals surface area contributed by atoms with Crippen molar-refractivity contribution in [3.05, 3.63) is 98.6 Å². The number of rotatable bonds is 4. The Bertz CT molecular complexity index is 837. The number of hydrogen-bond donors (Lipinski definition) is 0. The minimum absolute atomic E-state index is 0.442. The van der Waals surface area contributed by atoms with Crippen molar-refractivity contribution in [2.45, 2.75) is 13.1 Å². The summed E-state index contributed by atoms with van der Waals surface area (Å²) in [5.41, 5.74) is 10.3. The largest absolute Gasteiger partial charge is 0.0893 e. The minimum Gasteiger partial charge on any atom is -0.0893 e. The molecular formula is C18H15I2N6+. The minimum atomic E-state index is 0.442. The SMILES string of the molecule is Ic1cn(Cc2ccccc2)nn1.[C+]#CI.[N-]=[N+]=NCc1ccccc1. The van der Waals surface area contributed by atoms with Gasteiger partial charge in [-0.2, -0.15) is 0 Å². The Labute approximate surface area is 179 Å². The van der Waals surface area contributed by atoms with Crippen molar-refractivity contribution in [1.29, 1.82) is 0 Å². The molecule has 26 heavy (non-hydrogen) atoms. The van der Waals surface area contributed by atoms with E-state index in [0.29, 0.717) is 6.54 Å². The van der Waals surface area contributed by atoms with Gasteiger partial charge in [0.25, 0.3) is 0 Å². The average molecular weight is 569 g/mol. The van der Waals surface area contributed by atoms with Gasteiger partial charge in [-0.15, -0.1) is 5.10 Å². The summed E-state index contributed by atoms with van der Waals surface area (Å²) in [4.78, 5) is 2.66. The van der Waals surface area contributed by atoms with E-state index < -0.39 is 0 Å². The molecule has 0 saturated heterocycles. The first-order chi connectivity index (χ1) is 12.7. The van der Waals surface area contributed by atoms with Gasteiger partial charge < -0.3 is 0 Å². The zero-order valence-electron chi connectivity index (χ0n) is 13.7. The Morgan fingerprint density at radius 1 is 1.08 bits per heavy atom. The van der Waals surface area contributed by atoms with Crippen LogP contribution in [0.4, 0.5) is 0 Å². The first-order valence-electron chi connectivity index (χ1n) is 7.36. The maximum absolute atomic E-state index is 7.99. The number of hydrogen-bond acceptors (Lipinski definition) is 3. The van der Waals surface area contributed by atoms with Crippen molar-refractivity contribution < 1.29 is 0 Å². The summed E-state index contributed by atoms with van der Waals surface area (Å²) in [5, 5.41) is 11.3. The molecule has 8 heteroatoms. The average Bonchev–Trinajstić information content (AvgIpc) is 3.08. The van der Waals surface area contributed by atoms with Crippen molar-refractivity contribution in [2.24, 2.45) is 5.11 Å². The topological polar surface area (TPSA) is 79.5 Å². The zero-order chi connectivity index (χ0) is 19.0. The molecule has 0 spiro atoms. The van der Waals surface area contributed by atoms with Crippen LogP contribution in [-0.2, 0) is 13.1 Å². The Hall–Kier alpha value is -1.87. The van der Waals surface area contributed by atoms with Gasteiger partial charge in [0.1, 0.15) is 3.70 Å². The first kappa shape index (κ1) is 22.2. The van der Waals surface area contributed by atoms with Crippen LogP contribution in [0.2, 0.25) is 0 Å². The number of azide groups is 1. The van der Waals surface area contributed by atoms with Crippen LogP contribution in [-0.4, -0.2) is 15.0 Å². The molecule has 0 bridgehead atoms. The van der Waals surface area contributed by atoms with Crippen LogP contribution in [0.1, 0.15) is 11.1 Å². The molecule has 6 nitrogen and oxygen atoms in total.